The third kappa shape index (κ3) is 4.25. The van der Waals surface area contributed by atoms with Crippen LogP contribution in [0.5, 0.6) is 0 Å². The molecule has 0 radical (unpaired) electrons. The van der Waals surface area contributed by atoms with Crippen molar-refractivity contribution in [1.29, 1.82) is 0 Å². The largest absolute Gasteiger partial charge is 0.343 e. The number of likely N-dealkylation sites (tertiary alicyclic amines) is 2. The van der Waals surface area contributed by atoms with Crippen molar-refractivity contribution in [2.24, 2.45) is 0 Å². The molecule has 5 rings (SSSR count). The Morgan fingerprint density at radius 3 is 2.62 bits per heavy atom. The summed E-state index contributed by atoms with van der Waals surface area (Å²) in [6.07, 6.45) is 5.90. The Morgan fingerprint density at radius 1 is 0.938 bits per heavy atom. The highest BCUT2D eigenvalue weighted by Gasteiger charge is 2.42. The lowest BCUT2D eigenvalue weighted by Gasteiger charge is -2.39. The minimum Gasteiger partial charge on any atom is -0.343 e. The molecule has 0 saturated carbocycles. The summed E-state index contributed by atoms with van der Waals surface area (Å²) >= 11 is 0. The van der Waals surface area contributed by atoms with Gasteiger partial charge in [0, 0.05) is 55.9 Å². The summed E-state index contributed by atoms with van der Waals surface area (Å²) in [5, 5.41) is 0. The molecular formula is C26H31F2N3O. The lowest BCUT2D eigenvalue weighted by molar-refractivity contribution is -0.133. The van der Waals surface area contributed by atoms with E-state index in [9.17, 15) is 13.6 Å². The molecule has 2 unspecified atom stereocenters. The summed E-state index contributed by atoms with van der Waals surface area (Å²) < 4.78 is 28.1. The van der Waals surface area contributed by atoms with E-state index in [2.05, 4.69) is 9.80 Å². The van der Waals surface area contributed by atoms with Crippen LogP contribution in [0.2, 0.25) is 0 Å². The molecule has 170 valence electrons. The normalized spacial score (nSPS) is 23.4. The van der Waals surface area contributed by atoms with Crippen LogP contribution in [0.1, 0.15) is 50.0 Å². The molecule has 6 heteroatoms. The van der Waals surface area contributed by atoms with E-state index in [4.69, 9.17) is 0 Å². The standard InChI is InChI=1S/C26H31F2N3O/c27-19-6-5-7-21(16-19)31-24-10-9-20(28)17-22(24)23-18-29(15-11-25(23)31)12-3-4-14-30-13-2-1-8-26(30)32/h5-7,9-10,16-17,23,25H,1-4,8,11-15,18H2. The predicted octanol–water partition coefficient (Wildman–Crippen LogP) is 5.07. The van der Waals surface area contributed by atoms with E-state index in [0.29, 0.717) is 12.3 Å². The van der Waals surface area contributed by atoms with Crippen LogP contribution in [0.25, 0.3) is 0 Å². The van der Waals surface area contributed by atoms with Gasteiger partial charge in [0.1, 0.15) is 11.6 Å². The van der Waals surface area contributed by atoms with Crippen molar-refractivity contribution in [3.63, 3.8) is 0 Å². The van der Waals surface area contributed by atoms with Gasteiger partial charge in [-0.2, -0.15) is 0 Å². The molecule has 0 N–H and O–H groups in total. The molecule has 32 heavy (non-hydrogen) atoms. The van der Waals surface area contributed by atoms with Gasteiger partial charge in [-0.3, -0.25) is 4.79 Å². The molecule has 3 aliphatic rings. The average molecular weight is 440 g/mol. The fourth-order valence-corrected chi connectivity index (χ4v) is 5.74. The number of carbonyl (C=O) groups is 1. The summed E-state index contributed by atoms with van der Waals surface area (Å²) in [5.41, 5.74) is 2.87. The van der Waals surface area contributed by atoms with Crippen LogP contribution < -0.4 is 4.90 Å². The Labute approximate surface area is 188 Å². The zero-order valence-electron chi connectivity index (χ0n) is 18.5. The van der Waals surface area contributed by atoms with E-state index in [1.54, 1.807) is 18.2 Å². The van der Waals surface area contributed by atoms with Gasteiger partial charge in [0.2, 0.25) is 5.91 Å². The van der Waals surface area contributed by atoms with Crippen LogP contribution >= 0.6 is 0 Å². The summed E-state index contributed by atoms with van der Waals surface area (Å²) in [5.74, 6) is 0.0478. The monoisotopic (exact) mass is 439 g/mol. The zero-order valence-corrected chi connectivity index (χ0v) is 18.5. The van der Waals surface area contributed by atoms with Crippen LogP contribution in [0.4, 0.5) is 20.2 Å². The molecule has 2 aromatic rings. The van der Waals surface area contributed by atoms with E-state index in [0.717, 1.165) is 81.8 Å². The van der Waals surface area contributed by atoms with Gasteiger partial charge in [0.15, 0.2) is 0 Å². The van der Waals surface area contributed by atoms with Gasteiger partial charge in [-0.1, -0.05) is 6.07 Å². The number of benzene rings is 2. The molecule has 2 saturated heterocycles. The van der Waals surface area contributed by atoms with Crippen molar-refractivity contribution in [2.75, 3.05) is 37.6 Å². The summed E-state index contributed by atoms with van der Waals surface area (Å²) in [4.78, 5) is 18.7. The highest BCUT2D eigenvalue weighted by molar-refractivity contribution is 5.76. The van der Waals surface area contributed by atoms with Gasteiger partial charge in [-0.25, -0.2) is 8.78 Å². The fraction of sp³-hybridized carbons (Fsp3) is 0.500. The lowest BCUT2D eigenvalue weighted by Crippen LogP contribution is -2.45. The topological polar surface area (TPSA) is 26.8 Å². The number of carbonyl (C=O) groups excluding carboxylic acids is 1. The van der Waals surface area contributed by atoms with Crippen molar-refractivity contribution >= 4 is 17.3 Å². The van der Waals surface area contributed by atoms with Crippen molar-refractivity contribution < 1.29 is 13.6 Å². The maximum absolute atomic E-state index is 14.1. The Balaban J connectivity index is 1.25. The first-order chi connectivity index (χ1) is 15.6. The number of fused-ring (bicyclic) bond motifs is 3. The quantitative estimate of drug-likeness (QED) is 0.588. The summed E-state index contributed by atoms with van der Waals surface area (Å²) in [6.45, 7) is 4.63. The molecule has 2 fully saturated rings. The first-order valence-corrected chi connectivity index (χ1v) is 11.9. The fourth-order valence-electron chi connectivity index (χ4n) is 5.74. The van der Waals surface area contributed by atoms with Crippen LogP contribution in [0.15, 0.2) is 42.5 Å². The van der Waals surface area contributed by atoms with E-state index >= 15 is 0 Å². The van der Waals surface area contributed by atoms with Gasteiger partial charge >= 0.3 is 0 Å². The number of halogens is 2. The molecule has 2 atom stereocenters. The van der Waals surface area contributed by atoms with Gasteiger partial charge < -0.3 is 14.7 Å². The number of unbranched alkanes of at least 4 members (excludes halogenated alkanes) is 1. The number of amides is 1. The molecule has 3 heterocycles. The van der Waals surface area contributed by atoms with Crippen LogP contribution in [0.3, 0.4) is 0 Å². The van der Waals surface area contributed by atoms with Gasteiger partial charge in [0.25, 0.3) is 0 Å². The van der Waals surface area contributed by atoms with Gasteiger partial charge in [-0.05, 0) is 80.6 Å². The van der Waals surface area contributed by atoms with Crippen LogP contribution in [-0.4, -0.2) is 54.5 Å². The minimum absolute atomic E-state index is 0.210. The third-order valence-corrected chi connectivity index (χ3v) is 7.30. The van der Waals surface area contributed by atoms with Crippen molar-refractivity contribution in [3.8, 4) is 0 Å². The Kier molecular flexibility index (Phi) is 6.13. The first kappa shape index (κ1) is 21.4. The number of hydrogen-bond acceptors (Lipinski definition) is 3. The molecular weight excluding hydrogens is 408 g/mol. The van der Waals surface area contributed by atoms with Gasteiger partial charge in [0.05, 0.1) is 0 Å². The molecule has 1 amide bonds. The van der Waals surface area contributed by atoms with E-state index in [1.807, 2.05) is 17.0 Å². The Morgan fingerprint density at radius 2 is 1.78 bits per heavy atom. The second-order valence-corrected chi connectivity index (χ2v) is 9.36. The summed E-state index contributed by atoms with van der Waals surface area (Å²) in [7, 11) is 0. The van der Waals surface area contributed by atoms with E-state index in [1.165, 1.54) is 12.1 Å². The van der Waals surface area contributed by atoms with E-state index < -0.39 is 0 Å². The van der Waals surface area contributed by atoms with Crippen LogP contribution in [-0.2, 0) is 4.79 Å². The molecule has 3 aliphatic heterocycles. The smallest absolute Gasteiger partial charge is 0.222 e. The molecule has 0 spiro atoms. The molecule has 2 aromatic carbocycles. The van der Waals surface area contributed by atoms with E-state index in [-0.39, 0.29) is 23.6 Å². The maximum atomic E-state index is 14.1. The second-order valence-electron chi connectivity index (χ2n) is 9.36. The number of rotatable bonds is 6. The summed E-state index contributed by atoms with van der Waals surface area (Å²) in [6, 6.07) is 11.9. The molecule has 0 bridgehead atoms. The number of piperidine rings is 2. The first-order valence-electron chi connectivity index (χ1n) is 11.9. The predicted molar refractivity (Wildman–Crippen MR) is 122 cm³/mol. The number of nitrogens with zero attached hydrogens (tertiary/aromatic N) is 3. The number of hydrogen-bond donors (Lipinski definition) is 0. The molecule has 0 aromatic heterocycles. The SMILES string of the molecule is O=C1CCCCN1CCCCN1CCC2C(C1)c1cc(F)ccc1N2c1cccc(F)c1. The lowest BCUT2D eigenvalue weighted by atomic mass is 9.89. The third-order valence-electron chi connectivity index (χ3n) is 7.30. The Bertz CT molecular complexity index is 981. The highest BCUT2D eigenvalue weighted by atomic mass is 19.1. The Hall–Kier alpha value is -2.47. The van der Waals surface area contributed by atoms with Crippen molar-refractivity contribution in [2.45, 2.75) is 50.5 Å². The maximum Gasteiger partial charge on any atom is 0.222 e. The van der Waals surface area contributed by atoms with Crippen molar-refractivity contribution in [1.82, 2.24) is 9.80 Å². The second kappa shape index (κ2) is 9.18. The number of anilines is 2. The van der Waals surface area contributed by atoms with Gasteiger partial charge in [-0.15, -0.1) is 0 Å². The molecule has 4 nitrogen and oxygen atoms in total. The molecule has 0 aliphatic carbocycles. The highest BCUT2D eigenvalue weighted by Crippen LogP contribution is 2.48. The van der Waals surface area contributed by atoms with Crippen molar-refractivity contribution in [3.05, 3.63) is 59.7 Å². The van der Waals surface area contributed by atoms with Crippen LogP contribution in [0, 0.1) is 11.6 Å². The average Bonchev–Trinajstić information content (AvgIpc) is 3.11. The zero-order chi connectivity index (χ0) is 22.1. The minimum atomic E-state index is -0.251.